The number of amides is 1. The van der Waals surface area contributed by atoms with Gasteiger partial charge in [-0.05, 0) is 37.1 Å². The quantitative estimate of drug-likeness (QED) is 0.404. The number of benzene rings is 1. The van der Waals surface area contributed by atoms with E-state index in [1.54, 1.807) is 35.2 Å². The molecule has 2 N–H and O–H groups in total. The maximum atomic E-state index is 11.2. The van der Waals surface area contributed by atoms with Crippen LogP contribution in [-0.4, -0.2) is 38.4 Å². The third-order valence-electron chi connectivity index (χ3n) is 4.92. The van der Waals surface area contributed by atoms with E-state index >= 15 is 0 Å². The molecule has 0 radical (unpaired) electrons. The molecule has 1 aromatic carbocycles. The Morgan fingerprint density at radius 1 is 1.34 bits per heavy atom. The van der Waals surface area contributed by atoms with Crippen molar-refractivity contribution in [1.29, 1.82) is 0 Å². The first-order valence-electron chi connectivity index (χ1n) is 10.3. The maximum absolute atomic E-state index is 11.2. The van der Waals surface area contributed by atoms with Crippen LogP contribution in [0, 0.1) is 0 Å². The fourth-order valence-corrected chi connectivity index (χ4v) is 5.11. The molecular weight excluding hydrogens is 470 g/mol. The van der Waals surface area contributed by atoms with Crippen LogP contribution in [-0.2, 0) is 34.9 Å². The van der Waals surface area contributed by atoms with Crippen molar-refractivity contribution in [2.24, 2.45) is 5.73 Å². The summed E-state index contributed by atoms with van der Waals surface area (Å²) in [5.74, 6) is 1.83. The number of rotatable bonds is 11. The molecular formula is C21H24ClN5O3S2. The number of halogens is 1. The van der Waals surface area contributed by atoms with Crippen LogP contribution in [0.4, 0.5) is 0 Å². The minimum atomic E-state index is -0.346. The number of aryl methyl sites for hydroxylation is 1. The highest BCUT2D eigenvalue weighted by molar-refractivity contribution is 7.98. The number of carbonyl (C=O) groups excluding carboxylic acids is 1. The summed E-state index contributed by atoms with van der Waals surface area (Å²) < 4.78 is 13.6. The Morgan fingerprint density at radius 2 is 2.19 bits per heavy atom. The lowest BCUT2D eigenvalue weighted by Crippen LogP contribution is -2.19. The van der Waals surface area contributed by atoms with Gasteiger partial charge in [0.15, 0.2) is 5.16 Å². The van der Waals surface area contributed by atoms with Gasteiger partial charge in [-0.15, -0.1) is 21.5 Å². The fraction of sp³-hybridized carbons (Fsp3) is 0.429. The van der Waals surface area contributed by atoms with E-state index in [1.807, 2.05) is 17.5 Å². The summed E-state index contributed by atoms with van der Waals surface area (Å²) in [6.07, 6.45) is 2.94. The monoisotopic (exact) mass is 493 g/mol. The van der Waals surface area contributed by atoms with Gasteiger partial charge in [0, 0.05) is 35.6 Å². The number of nitrogens with two attached hydrogens (primary N) is 1. The number of thioether (sulfide) groups is 1. The molecule has 3 heterocycles. The molecule has 1 fully saturated rings. The minimum absolute atomic E-state index is 0.147. The molecule has 1 amide bonds. The topological polar surface area (TPSA) is 105 Å². The van der Waals surface area contributed by atoms with Crippen LogP contribution in [0.2, 0.25) is 5.02 Å². The largest absolute Gasteiger partial charge is 0.486 e. The van der Waals surface area contributed by atoms with Crippen molar-refractivity contribution in [3.8, 4) is 5.75 Å². The van der Waals surface area contributed by atoms with Crippen LogP contribution in [0.1, 0.15) is 35.8 Å². The highest BCUT2D eigenvalue weighted by Gasteiger charge is 2.21. The predicted octanol–water partition coefficient (Wildman–Crippen LogP) is 3.86. The van der Waals surface area contributed by atoms with Crippen LogP contribution < -0.4 is 10.5 Å². The van der Waals surface area contributed by atoms with Crippen LogP contribution in [0.5, 0.6) is 5.75 Å². The molecule has 8 nitrogen and oxygen atoms in total. The molecule has 1 atom stereocenters. The lowest BCUT2D eigenvalue weighted by Gasteiger charge is -2.14. The summed E-state index contributed by atoms with van der Waals surface area (Å²) in [6.45, 7) is 1.87. The second kappa shape index (κ2) is 11.1. The standard InChI is InChI=1S/C21H24ClN5O3S2/c22-14-3-5-16(6-4-14)30-11-20-24-15(12-31-20)13-32-21-26-25-19(8-7-18(23)28)27(21)10-17-2-1-9-29-17/h3-6,12,17H,1-2,7-11,13H2,(H2,23,28). The van der Waals surface area contributed by atoms with Crippen molar-refractivity contribution in [2.75, 3.05) is 6.61 Å². The third-order valence-corrected chi connectivity index (χ3v) is 7.05. The zero-order chi connectivity index (χ0) is 22.3. The van der Waals surface area contributed by atoms with Crippen molar-refractivity contribution in [3.05, 3.63) is 51.2 Å². The van der Waals surface area contributed by atoms with E-state index in [-0.39, 0.29) is 18.4 Å². The van der Waals surface area contributed by atoms with Crippen LogP contribution in [0.25, 0.3) is 0 Å². The van der Waals surface area contributed by atoms with Crippen molar-refractivity contribution in [1.82, 2.24) is 19.7 Å². The Hall–Kier alpha value is -2.14. The van der Waals surface area contributed by atoms with E-state index < -0.39 is 0 Å². The van der Waals surface area contributed by atoms with Gasteiger partial charge in [-0.25, -0.2) is 4.98 Å². The SMILES string of the molecule is NC(=O)CCc1nnc(SCc2csc(COc3ccc(Cl)cc3)n2)n1CC1CCCO1. The molecule has 1 aliphatic rings. The highest BCUT2D eigenvalue weighted by Crippen LogP contribution is 2.26. The Morgan fingerprint density at radius 3 is 2.94 bits per heavy atom. The number of hydrogen-bond donors (Lipinski definition) is 1. The van der Waals surface area contributed by atoms with Gasteiger partial charge in [-0.1, -0.05) is 23.4 Å². The van der Waals surface area contributed by atoms with Crippen molar-refractivity contribution < 1.29 is 14.3 Å². The number of aromatic nitrogens is 4. The fourth-order valence-electron chi connectivity index (χ4n) is 3.32. The summed E-state index contributed by atoms with van der Waals surface area (Å²) in [7, 11) is 0. The van der Waals surface area contributed by atoms with E-state index in [0.717, 1.165) is 46.9 Å². The second-order valence-corrected chi connectivity index (χ2v) is 9.70. The van der Waals surface area contributed by atoms with Gasteiger partial charge in [0.25, 0.3) is 0 Å². The molecule has 1 saturated heterocycles. The summed E-state index contributed by atoms with van der Waals surface area (Å²) in [4.78, 5) is 15.9. The summed E-state index contributed by atoms with van der Waals surface area (Å²) in [5, 5.41) is 13.1. The van der Waals surface area contributed by atoms with Crippen molar-refractivity contribution >= 4 is 40.6 Å². The van der Waals surface area contributed by atoms with E-state index in [2.05, 4.69) is 19.7 Å². The number of hydrogen-bond acceptors (Lipinski definition) is 8. The van der Waals surface area contributed by atoms with Gasteiger partial charge in [-0.3, -0.25) is 4.79 Å². The first-order valence-corrected chi connectivity index (χ1v) is 12.6. The predicted molar refractivity (Wildman–Crippen MR) is 124 cm³/mol. The molecule has 0 saturated carbocycles. The first-order chi connectivity index (χ1) is 15.6. The van der Waals surface area contributed by atoms with E-state index in [9.17, 15) is 4.79 Å². The molecule has 1 unspecified atom stereocenters. The van der Waals surface area contributed by atoms with Gasteiger partial charge < -0.3 is 19.8 Å². The lowest BCUT2D eigenvalue weighted by atomic mass is 10.2. The molecule has 0 aliphatic carbocycles. The molecule has 4 rings (SSSR count). The van der Waals surface area contributed by atoms with E-state index in [1.165, 1.54) is 0 Å². The Labute approximate surface area is 199 Å². The zero-order valence-electron chi connectivity index (χ0n) is 17.4. The number of primary amides is 1. The summed E-state index contributed by atoms with van der Waals surface area (Å²) in [5.41, 5.74) is 6.28. The molecule has 32 heavy (non-hydrogen) atoms. The van der Waals surface area contributed by atoms with Gasteiger partial charge >= 0.3 is 0 Å². The Balaban J connectivity index is 1.36. The first kappa shape index (κ1) is 23.0. The van der Waals surface area contributed by atoms with Gasteiger partial charge in [-0.2, -0.15) is 0 Å². The van der Waals surface area contributed by atoms with Crippen LogP contribution in [0.3, 0.4) is 0 Å². The molecule has 11 heteroatoms. The highest BCUT2D eigenvalue weighted by atomic mass is 35.5. The van der Waals surface area contributed by atoms with Crippen molar-refractivity contribution in [3.63, 3.8) is 0 Å². The van der Waals surface area contributed by atoms with Crippen LogP contribution in [0.15, 0.2) is 34.8 Å². The average molecular weight is 494 g/mol. The van der Waals surface area contributed by atoms with Gasteiger partial charge in [0.2, 0.25) is 5.91 Å². The molecule has 0 bridgehead atoms. The molecule has 2 aromatic heterocycles. The van der Waals surface area contributed by atoms with E-state index in [4.69, 9.17) is 26.8 Å². The maximum Gasteiger partial charge on any atom is 0.217 e. The van der Waals surface area contributed by atoms with E-state index in [0.29, 0.717) is 30.3 Å². The minimum Gasteiger partial charge on any atom is -0.486 e. The number of carbonyl (C=O) groups is 1. The summed E-state index contributed by atoms with van der Waals surface area (Å²) >= 11 is 9.04. The average Bonchev–Trinajstić information content (AvgIpc) is 3.53. The van der Waals surface area contributed by atoms with Crippen LogP contribution >= 0.6 is 34.7 Å². The second-order valence-electron chi connectivity index (χ2n) is 7.37. The van der Waals surface area contributed by atoms with Crippen molar-refractivity contribution in [2.45, 2.75) is 55.8 Å². The summed E-state index contributed by atoms with van der Waals surface area (Å²) in [6, 6.07) is 7.27. The molecule has 0 spiro atoms. The smallest absolute Gasteiger partial charge is 0.217 e. The molecule has 170 valence electrons. The molecule has 3 aromatic rings. The number of nitrogens with zero attached hydrogens (tertiary/aromatic N) is 4. The Bertz CT molecular complexity index is 1030. The van der Waals surface area contributed by atoms with Gasteiger partial charge in [0.05, 0.1) is 18.3 Å². The Kier molecular flexibility index (Phi) is 8.01. The number of thiazole rings is 1. The third kappa shape index (κ3) is 6.44. The zero-order valence-corrected chi connectivity index (χ0v) is 19.8. The molecule has 1 aliphatic heterocycles. The number of ether oxygens (including phenoxy) is 2. The normalized spacial score (nSPS) is 15.8. The lowest BCUT2D eigenvalue weighted by molar-refractivity contribution is -0.118. The van der Waals surface area contributed by atoms with Gasteiger partial charge in [0.1, 0.15) is 23.2 Å².